The molecule has 31 heavy (non-hydrogen) atoms. The Kier molecular flexibility index (Phi) is 6.75. The summed E-state index contributed by atoms with van der Waals surface area (Å²) in [6, 6.07) is 18.5. The topological polar surface area (TPSA) is 75.3 Å². The third-order valence-corrected chi connectivity index (χ3v) is 6.36. The lowest BCUT2D eigenvalue weighted by Gasteiger charge is -2.24. The Morgan fingerprint density at radius 3 is 2.26 bits per heavy atom. The van der Waals surface area contributed by atoms with E-state index < -0.39 is 15.8 Å². The van der Waals surface area contributed by atoms with Gasteiger partial charge < -0.3 is 5.32 Å². The first-order valence-electron chi connectivity index (χ1n) is 9.92. The van der Waals surface area contributed by atoms with Gasteiger partial charge in [-0.2, -0.15) is 0 Å². The normalized spacial score (nSPS) is 12.4. The van der Waals surface area contributed by atoms with Gasteiger partial charge in [-0.3, -0.25) is 9.52 Å². The van der Waals surface area contributed by atoms with Crippen molar-refractivity contribution in [2.45, 2.75) is 31.7 Å². The first-order valence-corrected chi connectivity index (χ1v) is 11.4. The van der Waals surface area contributed by atoms with Crippen molar-refractivity contribution < 1.29 is 17.6 Å². The Morgan fingerprint density at radius 2 is 1.61 bits per heavy atom. The summed E-state index contributed by atoms with van der Waals surface area (Å²) in [5, 5.41) is 3.03. The van der Waals surface area contributed by atoms with E-state index in [-0.39, 0.29) is 34.0 Å². The number of aryl methyl sites for hydroxylation is 1. The predicted octanol–water partition coefficient (Wildman–Crippen LogP) is 5.06. The zero-order chi connectivity index (χ0) is 22.6. The van der Waals surface area contributed by atoms with E-state index in [1.54, 1.807) is 6.07 Å². The van der Waals surface area contributed by atoms with Gasteiger partial charge in [0.1, 0.15) is 5.82 Å². The summed E-state index contributed by atoms with van der Waals surface area (Å²) < 4.78 is 40.9. The quantitative estimate of drug-likeness (QED) is 0.539. The second kappa shape index (κ2) is 9.31. The lowest BCUT2D eigenvalue weighted by molar-refractivity contribution is 0.0925. The molecule has 3 aromatic carbocycles. The number of halogens is 1. The van der Waals surface area contributed by atoms with Crippen molar-refractivity contribution in [1.29, 1.82) is 0 Å². The van der Waals surface area contributed by atoms with Crippen LogP contribution >= 0.6 is 0 Å². The molecule has 1 amide bonds. The number of carbonyl (C=O) groups excluding carboxylic acids is 1. The number of sulfonamides is 1. The van der Waals surface area contributed by atoms with Gasteiger partial charge in [-0.15, -0.1) is 0 Å². The van der Waals surface area contributed by atoms with Crippen LogP contribution in [0.1, 0.15) is 41.4 Å². The van der Waals surface area contributed by atoms with Gasteiger partial charge in [0, 0.05) is 11.3 Å². The van der Waals surface area contributed by atoms with Crippen LogP contribution in [0.4, 0.5) is 10.1 Å². The Morgan fingerprint density at radius 1 is 0.935 bits per heavy atom. The molecule has 0 fully saturated rings. The highest BCUT2D eigenvalue weighted by Crippen LogP contribution is 2.25. The summed E-state index contributed by atoms with van der Waals surface area (Å²) in [6.07, 6.45) is 0. The number of rotatable bonds is 7. The van der Waals surface area contributed by atoms with Crippen LogP contribution in [-0.4, -0.2) is 14.3 Å². The van der Waals surface area contributed by atoms with E-state index in [9.17, 15) is 17.6 Å². The van der Waals surface area contributed by atoms with E-state index in [1.807, 2.05) is 45.0 Å². The summed E-state index contributed by atoms with van der Waals surface area (Å²) in [5.74, 6) is -0.687. The second-order valence-electron chi connectivity index (χ2n) is 7.69. The molecule has 0 spiro atoms. The maximum absolute atomic E-state index is 13.1. The van der Waals surface area contributed by atoms with Crippen molar-refractivity contribution in [3.63, 3.8) is 0 Å². The minimum Gasteiger partial charge on any atom is -0.345 e. The van der Waals surface area contributed by atoms with Gasteiger partial charge in [0.05, 0.1) is 10.9 Å². The van der Waals surface area contributed by atoms with Crippen molar-refractivity contribution >= 4 is 21.6 Å². The molecule has 0 heterocycles. The molecule has 7 heteroatoms. The highest BCUT2D eigenvalue weighted by atomic mass is 32.2. The molecule has 0 aliphatic rings. The van der Waals surface area contributed by atoms with Gasteiger partial charge in [-0.05, 0) is 66.4 Å². The first-order chi connectivity index (χ1) is 14.7. The summed E-state index contributed by atoms with van der Waals surface area (Å²) in [4.78, 5) is 12.9. The number of carbonyl (C=O) groups is 1. The minimum atomic E-state index is -3.94. The molecule has 1 atom stereocenters. The first kappa shape index (κ1) is 22.5. The molecule has 0 aliphatic carbocycles. The van der Waals surface area contributed by atoms with Crippen LogP contribution in [0.3, 0.4) is 0 Å². The van der Waals surface area contributed by atoms with Crippen LogP contribution in [0.2, 0.25) is 0 Å². The van der Waals surface area contributed by atoms with Gasteiger partial charge in [-0.1, -0.05) is 44.2 Å². The molecular weight excluding hydrogens is 415 g/mol. The Labute approximate surface area is 182 Å². The third-order valence-electron chi connectivity index (χ3n) is 4.98. The van der Waals surface area contributed by atoms with Crippen LogP contribution in [0.15, 0.2) is 77.7 Å². The number of nitrogens with one attached hydrogen (secondary N) is 2. The maximum Gasteiger partial charge on any atom is 0.261 e. The van der Waals surface area contributed by atoms with Crippen LogP contribution in [0.25, 0.3) is 0 Å². The van der Waals surface area contributed by atoms with Crippen molar-refractivity contribution in [3.05, 3.63) is 95.3 Å². The van der Waals surface area contributed by atoms with Gasteiger partial charge in [0.15, 0.2) is 0 Å². The second-order valence-corrected chi connectivity index (χ2v) is 9.37. The van der Waals surface area contributed by atoms with Crippen molar-refractivity contribution in [3.8, 4) is 0 Å². The highest BCUT2D eigenvalue weighted by molar-refractivity contribution is 7.92. The molecule has 3 rings (SSSR count). The third kappa shape index (κ3) is 5.49. The van der Waals surface area contributed by atoms with E-state index in [0.717, 1.165) is 11.1 Å². The standard InChI is InChI=1S/C24H25FN2O3S/c1-16(2)23(22-10-5-4-7-17(22)3)26-24(28)18-8-6-9-21(15-18)31(29,30)27-20-13-11-19(25)12-14-20/h4-16,23,27H,1-3H3,(H,26,28)/t23-/m1/s1. The Hall–Kier alpha value is -3.19. The molecule has 0 aromatic heterocycles. The summed E-state index contributed by atoms with van der Waals surface area (Å²) in [6.45, 7) is 6.03. The lowest BCUT2D eigenvalue weighted by atomic mass is 9.92. The Balaban J connectivity index is 1.83. The molecule has 0 aliphatic heterocycles. The van der Waals surface area contributed by atoms with E-state index in [1.165, 1.54) is 42.5 Å². The van der Waals surface area contributed by atoms with Crippen LogP contribution in [0, 0.1) is 18.7 Å². The zero-order valence-corrected chi connectivity index (χ0v) is 18.4. The van der Waals surface area contributed by atoms with Gasteiger partial charge in [0.2, 0.25) is 0 Å². The molecule has 0 unspecified atom stereocenters. The average Bonchev–Trinajstić information content (AvgIpc) is 2.74. The summed E-state index contributed by atoms with van der Waals surface area (Å²) >= 11 is 0. The van der Waals surface area contributed by atoms with Crippen LogP contribution < -0.4 is 10.0 Å². The number of anilines is 1. The fourth-order valence-electron chi connectivity index (χ4n) is 3.30. The molecule has 0 bridgehead atoms. The Bertz CT molecular complexity index is 1180. The molecule has 3 aromatic rings. The van der Waals surface area contributed by atoms with Crippen LogP contribution in [-0.2, 0) is 10.0 Å². The molecule has 162 valence electrons. The largest absolute Gasteiger partial charge is 0.345 e. The fraction of sp³-hybridized carbons (Fsp3) is 0.208. The van der Waals surface area contributed by atoms with Crippen molar-refractivity contribution in [2.75, 3.05) is 4.72 Å². The van der Waals surface area contributed by atoms with Gasteiger partial charge >= 0.3 is 0 Å². The lowest BCUT2D eigenvalue weighted by Crippen LogP contribution is -2.32. The summed E-state index contributed by atoms with van der Waals surface area (Å²) in [7, 11) is -3.94. The molecular formula is C24H25FN2O3S. The van der Waals surface area contributed by atoms with E-state index >= 15 is 0 Å². The van der Waals surface area contributed by atoms with Crippen molar-refractivity contribution in [2.24, 2.45) is 5.92 Å². The highest BCUT2D eigenvalue weighted by Gasteiger charge is 2.22. The molecule has 2 N–H and O–H groups in total. The number of benzene rings is 3. The maximum atomic E-state index is 13.1. The van der Waals surface area contributed by atoms with Crippen LogP contribution in [0.5, 0.6) is 0 Å². The van der Waals surface area contributed by atoms with E-state index in [0.29, 0.717) is 0 Å². The smallest absolute Gasteiger partial charge is 0.261 e. The van der Waals surface area contributed by atoms with Gasteiger partial charge in [0.25, 0.3) is 15.9 Å². The predicted molar refractivity (Wildman–Crippen MR) is 120 cm³/mol. The molecule has 0 radical (unpaired) electrons. The average molecular weight is 441 g/mol. The number of amides is 1. The molecule has 0 saturated carbocycles. The SMILES string of the molecule is Cc1ccccc1[C@H](NC(=O)c1cccc(S(=O)(=O)Nc2ccc(F)cc2)c1)C(C)C. The summed E-state index contributed by atoms with van der Waals surface area (Å²) in [5.41, 5.74) is 2.56. The van der Waals surface area contributed by atoms with Crippen molar-refractivity contribution in [1.82, 2.24) is 5.32 Å². The fourth-order valence-corrected chi connectivity index (χ4v) is 4.40. The van der Waals surface area contributed by atoms with E-state index in [4.69, 9.17) is 0 Å². The monoisotopic (exact) mass is 440 g/mol. The number of hydrogen-bond donors (Lipinski definition) is 2. The molecule has 0 saturated heterocycles. The minimum absolute atomic E-state index is 0.0542. The zero-order valence-electron chi connectivity index (χ0n) is 17.6. The molecule has 5 nitrogen and oxygen atoms in total. The number of hydrogen-bond acceptors (Lipinski definition) is 3. The van der Waals surface area contributed by atoms with Gasteiger partial charge in [-0.25, -0.2) is 12.8 Å². The van der Waals surface area contributed by atoms with E-state index in [2.05, 4.69) is 10.0 Å².